The average Bonchev–Trinajstić information content (AvgIpc) is 3.35. The highest BCUT2D eigenvalue weighted by Crippen LogP contribution is 2.44. The van der Waals surface area contributed by atoms with E-state index in [-0.39, 0.29) is 11.6 Å². The number of ketones is 2. The molecule has 0 bridgehead atoms. The maximum atomic E-state index is 12.6. The fourth-order valence-electron chi connectivity index (χ4n) is 13.7. The first-order valence-electron chi connectivity index (χ1n) is 27.8. The molecular weight excluding hydrogens is 1100 g/mol. The molecule has 7 aromatic carbocycles. The molecule has 0 unspecified atom stereocenters. The molecule has 2 nitrogen and oxygen atoms in total. The average molecular weight is 1190 g/mol. The molecule has 0 saturated heterocycles. The molecule has 0 heterocycles. The van der Waals surface area contributed by atoms with Gasteiger partial charge in [-0.3, -0.25) is 9.59 Å². The topological polar surface area (TPSA) is 34.1 Å². The monoisotopic (exact) mass is 1180 g/mol. The second-order valence-electron chi connectivity index (χ2n) is 24.1. The lowest BCUT2D eigenvalue weighted by Crippen LogP contribution is -2.43. The summed E-state index contributed by atoms with van der Waals surface area (Å²) in [6.45, 7) is 42.5. The van der Waals surface area contributed by atoms with Crippen LogP contribution in [0.3, 0.4) is 0 Å². The Kier molecular flexibility index (Phi) is 19.5. The summed E-state index contributed by atoms with van der Waals surface area (Å²) in [5, 5.41) is 9.29. The van der Waals surface area contributed by atoms with Gasteiger partial charge in [0.05, 0.1) is 0 Å². The van der Waals surface area contributed by atoms with Gasteiger partial charge in [-0.2, -0.15) is 0 Å². The second kappa shape index (κ2) is 24.5. The molecule has 0 spiro atoms. The lowest BCUT2D eigenvalue weighted by atomic mass is 9.83. The van der Waals surface area contributed by atoms with E-state index >= 15 is 0 Å². The summed E-state index contributed by atoms with van der Waals surface area (Å²) in [6.07, 6.45) is 5.72. The number of carbonyl (C=O) groups is 2. The Labute approximate surface area is 477 Å². The fraction of sp³-hybridized carbons (Fsp3) is 0.391. The molecule has 8 rings (SSSR count). The number of fused-ring (bicyclic) bond motifs is 6. The zero-order valence-electron chi connectivity index (χ0n) is 48.7. The molecule has 0 aliphatic heterocycles. The predicted octanol–water partition coefficient (Wildman–Crippen LogP) is 21.3. The van der Waals surface area contributed by atoms with E-state index in [0.717, 1.165) is 25.3 Å². The highest BCUT2D eigenvalue weighted by molar-refractivity contribution is 9.10. The summed E-state index contributed by atoms with van der Waals surface area (Å²) < 4.78 is 2.05. The molecule has 1 aliphatic rings. The van der Waals surface area contributed by atoms with Crippen LogP contribution in [0.15, 0.2) is 118 Å². The van der Waals surface area contributed by atoms with E-state index in [2.05, 4.69) is 240 Å². The molecule has 1 aliphatic carbocycles. The third-order valence-corrected chi connectivity index (χ3v) is 37.2. The minimum atomic E-state index is -1.93. The van der Waals surface area contributed by atoms with Gasteiger partial charge in [-0.05, 0) is 141 Å². The normalized spacial score (nSPS) is 12.8. The minimum Gasteiger partial charge on any atom is -0.289 e. The van der Waals surface area contributed by atoms with Crippen LogP contribution in [0.25, 0.3) is 43.1 Å². The fourth-order valence-corrected chi connectivity index (χ4v) is 29.9. The third-order valence-electron chi connectivity index (χ3n) is 17.4. The Balaban J connectivity index is 0.000000232. The van der Waals surface area contributed by atoms with Crippen molar-refractivity contribution in [1.82, 2.24) is 0 Å². The maximum Gasteiger partial charge on any atom is 0.194 e. The molecule has 396 valence electrons. The third kappa shape index (κ3) is 11.4. The molecule has 0 fully saturated rings. The van der Waals surface area contributed by atoms with E-state index in [0.29, 0.717) is 72.1 Å². The van der Waals surface area contributed by atoms with Crippen molar-refractivity contribution in [3.05, 3.63) is 152 Å². The highest BCUT2D eigenvalue weighted by atomic mass is 79.9. The van der Waals surface area contributed by atoms with Gasteiger partial charge >= 0.3 is 0 Å². The van der Waals surface area contributed by atoms with Crippen molar-refractivity contribution < 1.29 is 9.59 Å². The van der Waals surface area contributed by atoms with Crippen LogP contribution < -0.4 is 0 Å². The summed E-state index contributed by atoms with van der Waals surface area (Å²) in [7, 11) is -5.33. The largest absolute Gasteiger partial charge is 0.289 e. The number of halogens is 2. The molecule has 0 radical (unpaired) electrons. The van der Waals surface area contributed by atoms with Crippen molar-refractivity contribution in [1.29, 1.82) is 0 Å². The first-order chi connectivity index (χ1) is 35.7. The number of terminal acetylenes is 1. The van der Waals surface area contributed by atoms with Crippen molar-refractivity contribution in [2.75, 3.05) is 0 Å². The van der Waals surface area contributed by atoms with Crippen molar-refractivity contribution in [3.8, 4) is 34.9 Å². The van der Waals surface area contributed by atoms with Gasteiger partial charge in [0.1, 0.15) is 24.2 Å². The summed E-state index contributed by atoms with van der Waals surface area (Å²) in [6, 6.07) is 36.7. The Bertz CT molecular complexity index is 3430. The number of benzene rings is 7. The second-order valence-corrected chi connectivity index (χ2v) is 42.7. The molecule has 0 saturated carbocycles. The zero-order valence-corrected chi connectivity index (χ0v) is 54.9. The zero-order chi connectivity index (χ0) is 56.4. The summed E-state index contributed by atoms with van der Waals surface area (Å²) in [4.78, 5) is 25.2. The van der Waals surface area contributed by atoms with Crippen molar-refractivity contribution in [2.45, 2.75) is 174 Å². The molecule has 76 heavy (non-hydrogen) atoms. The summed E-state index contributed by atoms with van der Waals surface area (Å²) >= 11 is 7.15. The molecule has 0 aromatic heterocycles. The van der Waals surface area contributed by atoms with Crippen LogP contribution in [0.1, 0.15) is 168 Å². The van der Waals surface area contributed by atoms with Crippen molar-refractivity contribution >= 4 is 111 Å². The van der Waals surface area contributed by atoms with E-state index in [1.165, 1.54) is 37.9 Å². The number of hydrogen-bond donors (Lipinski definition) is 0. The standard InChI is InChI=1S/C40H51BrSi2.C18H9BrO2.C11H22Si/c1-26(2)42(27(3)4,28(5)6)21-19-37-35-15-13-14-16-36(35)38(20-22-43(29(7)8,30(9)10)31(11)12)40-25-33-23-34(41)18-17-32(33)24-39(37)40;19-12-6-5-10-8-15-16(9-11(10)7-12)18(21)14-4-2-1-3-13(14)17(15)20;1-8-12(9(2)3,10(4)5)11(6)7/h13-18,23-31H,1-12H3;1-9H;1,9-11H,2-7H3. The quantitative estimate of drug-likeness (QED) is 0.0820. The van der Waals surface area contributed by atoms with Crippen molar-refractivity contribution in [2.24, 2.45) is 0 Å². The lowest BCUT2D eigenvalue weighted by Gasteiger charge is -2.38. The summed E-state index contributed by atoms with van der Waals surface area (Å²) in [5.41, 5.74) is 21.2. The Morgan fingerprint density at radius 2 is 0.658 bits per heavy atom. The molecule has 0 atom stereocenters. The maximum absolute atomic E-state index is 12.6. The smallest absolute Gasteiger partial charge is 0.194 e. The van der Waals surface area contributed by atoms with Crippen LogP contribution in [0.2, 0.25) is 49.9 Å². The van der Waals surface area contributed by atoms with Gasteiger partial charge in [-0.15, -0.1) is 23.1 Å². The van der Waals surface area contributed by atoms with E-state index in [1.54, 1.807) is 24.3 Å². The predicted molar refractivity (Wildman–Crippen MR) is 347 cm³/mol. The SMILES string of the molecule is C#C[Si](C(C)C)(C(C)C)C(C)C.CC(C)[Si](C#Cc1c2ccccc2c(C#C[Si](C(C)C)(C(C)C)C(C)C)c2cc3cc(Br)ccc3cc12)(C(C)C)C(C)C.O=C1c2ccccc2C(=O)c2cc3cc(Br)ccc3cc21. The Hall–Kier alpha value is -4.79. The lowest BCUT2D eigenvalue weighted by molar-refractivity contribution is 0.0979. The molecular formula is C69H82Br2O2Si3. The molecule has 0 N–H and O–H groups in total. The van der Waals surface area contributed by atoms with Crippen LogP contribution in [0, 0.1) is 34.9 Å². The first-order valence-corrected chi connectivity index (χ1v) is 36.0. The van der Waals surface area contributed by atoms with Gasteiger partial charge in [0.2, 0.25) is 0 Å². The van der Waals surface area contributed by atoms with E-state index < -0.39 is 24.2 Å². The first kappa shape index (κ1) is 60.4. The minimum absolute atomic E-state index is 0.0787. The highest BCUT2D eigenvalue weighted by Gasteiger charge is 2.44. The Morgan fingerprint density at radius 1 is 0.355 bits per heavy atom. The van der Waals surface area contributed by atoms with Gasteiger partial charge in [0, 0.05) is 42.3 Å². The van der Waals surface area contributed by atoms with E-state index in [9.17, 15) is 9.59 Å². The van der Waals surface area contributed by atoms with Gasteiger partial charge in [0.25, 0.3) is 0 Å². The van der Waals surface area contributed by atoms with E-state index in [4.69, 9.17) is 6.42 Å². The van der Waals surface area contributed by atoms with Gasteiger partial charge in [-0.1, -0.05) is 229 Å². The number of hydrogen-bond acceptors (Lipinski definition) is 2. The molecule has 7 heteroatoms. The van der Waals surface area contributed by atoms with Crippen LogP contribution >= 0.6 is 31.9 Å². The van der Waals surface area contributed by atoms with Gasteiger partial charge in [-0.25, -0.2) is 0 Å². The number of carbonyl (C=O) groups excluding carboxylic acids is 2. The van der Waals surface area contributed by atoms with Crippen LogP contribution in [0.4, 0.5) is 0 Å². The van der Waals surface area contributed by atoms with Crippen LogP contribution in [0.5, 0.6) is 0 Å². The summed E-state index contributed by atoms with van der Waals surface area (Å²) in [5.74, 6) is 7.66. The van der Waals surface area contributed by atoms with Gasteiger partial charge < -0.3 is 0 Å². The van der Waals surface area contributed by atoms with Crippen LogP contribution in [-0.2, 0) is 0 Å². The van der Waals surface area contributed by atoms with Crippen molar-refractivity contribution in [3.63, 3.8) is 0 Å². The molecule has 0 amide bonds. The van der Waals surface area contributed by atoms with E-state index in [1.807, 2.05) is 30.3 Å². The number of rotatable bonds is 9. The van der Waals surface area contributed by atoms with Crippen LogP contribution in [-0.4, -0.2) is 35.8 Å². The Morgan fingerprint density at radius 3 is 0.987 bits per heavy atom. The van der Waals surface area contributed by atoms with Gasteiger partial charge in [0.15, 0.2) is 11.6 Å². The molecule has 7 aromatic rings.